The average molecular weight is 376 g/mol. The Morgan fingerprint density at radius 1 is 0.964 bits per heavy atom. The normalized spacial score (nSPS) is 13.6. The minimum absolute atomic E-state index is 0.405. The fraction of sp³-hybridized carbons (Fsp3) is 0.273. The molecule has 0 radical (unpaired) electrons. The van der Waals surface area contributed by atoms with Crippen molar-refractivity contribution in [1.82, 2.24) is 10.3 Å². The zero-order valence-corrected chi connectivity index (χ0v) is 15.7. The highest BCUT2D eigenvalue weighted by molar-refractivity contribution is 6.39. The number of carbonyl (C=O) groups is 2. The van der Waals surface area contributed by atoms with Gasteiger partial charge in [-0.15, -0.1) is 0 Å². The number of hydrogen-bond donors (Lipinski definition) is 3. The molecular formula is C22H24N4O2. The lowest BCUT2D eigenvalue weighted by molar-refractivity contribution is -0.136. The predicted molar refractivity (Wildman–Crippen MR) is 112 cm³/mol. The summed E-state index contributed by atoms with van der Waals surface area (Å²) in [5.74, 6) is -1.27. The molecule has 0 atom stereocenters. The lowest BCUT2D eigenvalue weighted by Crippen LogP contribution is -2.36. The summed E-state index contributed by atoms with van der Waals surface area (Å²) in [5, 5.41) is 6.48. The highest BCUT2D eigenvalue weighted by atomic mass is 16.2. The highest BCUT2D eigenvalue weighted by Crippen LogP contribution is 2.22. The molecule has 0 aliphatic carbocycles. The lowest BCUT2D eigenvalue weighted by atomic mass is 10.1. The van der Waals surface area contributed by atoms with Gasteiger partial charge in [0.1, 0.15) is 0 Å². The van der Waals surface area contributed by atoms with E-state index in [0.29, 0.717) is 18.7 Å². The van der Waals surface area contributed by atoms with Crippen LogP contribution in [0.3, 0.4) is 0 Å². The Morgan fingerprint density at radius 2 is 1.71 bits per heavy atom. The standard InChI is InChI=1S/C22H24N4O2/c27-21(23-12-11-16-15-24-20-6-2-1-5-19(16)20)22(28)25-17-7-9-18(10-8-17)26-13-3-4-14-26/h1-2,5-10,15,24H,3-4,11-14H2,(H,23,27)(H,25,28). The van der Waals surface area contributed by atoms with E-state index in [1.807, 2.05) is 54.7 Å². The summed E-state index contributed by atoms with van der Waals surface area (Å²) in [6.45, 7) is 2.55. The second kappa shape index (κ2) is 8.17. The third-order valence-electron chi connectivity index (χ3n) is 5.16. The number of amides is 2. The van der Waals surface area contributed by atoms with Crippen LogP contribution in [0.2, 0.25) is 0 Å². The Labute approximate surface area is 163 Å². The van der Waals surface area contributed by atoms with Crippen molar-refractivity contribution >= 4 is 34.1 Å². The van der Waals surface area contributed by atoms with E-state index in [2.05, 4.69) is 20.5 Å². The molecule has 2 heterocycles. The largest absolute Gasteiger partial charge is 0.372 e. The maximum Gasteiger partial charge on any atom is 0.313 e. The summed E-state index contributed by atoms with van der Waals surface area (Å²) in [7, 11) is 0. The van der Waals surface area contributed by atoms with Crippen LogP contribution >= 0.6 is 0 Å². The Hall–Kier alpha value is -3.28. The van der Waals surface area contributed by atoms with Gasteiger partial charge in [-0.2, -0.15) is 0 Å². The van der Waals surface area contributed by atoms with Gasteiger partial charge in [0, 0.05) is 48.1 Å². The maximum absolute atomic E-state index is 12.1. The number of aromatic amines is 1. The Balaban J connectivity index is 1.27. The number of hydrogen-bond acceptors (Lipinski definition) is 3. The molecule has 1 aliphatic rings. The average Bonchev–Trinajstić information content (AvgIpc) is 3.39. The Kier molecular flexibility index (Phi) is 5.28. The summed E-state index contributed by atoms with van der Waals surface area (Å²) in [6.07, 6.45) is 5.04. The summed E-state index contributed by atoms with van der Waals surface area (Å²) >= 11 is 0. The van der Waals surface area contributed by atoms with Crippen molar-refractivity contribution in [2.45, 2.75) is 19.3 Å². The molecule has 0 unspecified atom stereocenters. The lowest BCUT2D eigenvalue weighted by Gasteiger charge is -2.17. The van der Waals surface area contributed by atoms with E-state index in [1.165, 1.54) is 12.8 Å². The van der Waals surface area contributed by atoms with E-state index < -0.39 is 11.8 Å². The number of nitrogens with zero attached hydrogens (tertiary/aromatic N) is 1. The van der Waals surface area contributed by atoms with Gasteiger partial charge in [0.15, 0.2) is 0 Å². The Bertz CT molecular complexity index is 972. The first kappa shape index (κ1) is 18.1. The van der Waals surface area contributed by atoms with E-state index in [0.717, 1.165) is 35.2 Å². The number of benzene rings is 2. The molecule has 1 saturated heterocycles. The number of aromatic nitrogens is 1. The summed E-state index contributed by atoms with van der Waals surface area (Å²) in [5.41, 5.74) is 3.96. The highest BCUT2D eigenvalue weighted by Gasteiger charge is 2.15. The topological polar surface area (TPSA) is 77.2 Å². The SMILES string of the molecule is O=C(NCCc1c[nH]c2ccccc12)C(=O)Nc1ccc(N2CCCC2)cc1. The number of carbonyl (C=O) groups excluding carboxylic acids is 2. The number of fused-ring (bicyclic) bond motifs is 1. The van der Waals surface area contributed by atoms with Crippen LogP contribution in [-0.2, 0) is 16.0 Å². The van der Waals surface area contributed by atoms with Crippen molar-refractivity contribution in [1.29, 1.82) is 0 Å². The smallest absolute Gasteiger partial charge is 0.313 e. The molecular weight excluding hydrogens is 352 g/mol. The molecule has 28 heavy (non-hydrogen) atoms. The van der Waals surface area contributed by atoms with Crippen molar-refractivity contribution in [3.8, 4) is 0 Å². The van der Waals surface area contributed by atoms with E-state index in [4.69, 9.17) is 0 Å². The summed E-state index contributed by atoms with van der Waals surface area (Å²) < 4.78 is 0. The van der Waals surface area contributed by atoms with Gasteiger partial charge in [0.2, 0.25) is 0 Å². The molecule has 4 rings (SSSR count). The zero-order chi connectivity index (χ0) is 19.3. The van der Waals surface area contributed by atoms with Gasteiger partial charge in [-0.25, -0.2) is 0 Å². The van der Waals surface area contributed by atoms with Crippen LogP contribution in [0.4, 0.5) is 11.4 Å². The summed E-state index contributed by atoms with van der Waals surface area (Å²) in [6, 6.07) is 15.7. The van der Waals surface area contributed by atoms with Gasteiger partial charge in [-0.1, -0.05) is 18.2 Å². The van der Waals surface area contributed by atoms with Crippen LogP contribution in [0.5, 0.6) is 0 Å². The number of para-hydroxylation sites is 1. The van der Waals surface area contributed by atoms with Gasteiger partial charge in [0.05, 0.1) is 0 Å². The third kappa shape index (κ3) is 4.01. The first-order valence-electron chi connectivity index (χ1n) is 9.70. The number of anilines is 2. The first-order valence-corrected chi connectivity index (χ1v) is 9.70. The van der Waals surface area contributed by atoms with Crippen LogP contribution in [-0.4, -0.2) is 36.4 Å². The third-order valence-corrected chi connectivity index (χ3v) is 5.16. The van der Waals surface area contributed by atoms with Gasteiger partial charge in [0.25, 0.3) is 0 Å². The molecule has 0 saturated carbocycles. The summed E-state index contributed by atoms with van der Waals surface area (Å²) in [4.78, 5) is 29.7. The molecule has 144 valence electrons. The van der Waals surface area contributed by atoms with Gasteiger partial charge < -0.3 is 20.5 Å². The van der Waals surface area contributed by atoms with Crippen molar-refractivity contribution in [2.75, 3.05) is 29.9 Å². The van der Waals surface area contributed by atoms with Crippen molar-refractivity contribution < 1.29 is 9.59 Å². The van der Waals surface area contributed by atoms with E-state index in [-0.39, 0.29) is 0 Å². The quantitative estimate of drug-likeness (QED) is 0.599. The molecule has 1 fully saturated rings. The molecule has 2 aromatic carbocycles. The van der Waals surface area contributed by atoms with Crippen molar-refractivity contribution in [3.63, 3.8) is 0 Å². The molecule has 1 aliphatic heterocycles. The van der Waals surface area contributed by atoms with Gasteiger partial charge in [-0.05, 0) is 55.2 Å². The van der Waals surface area contributed by atoms with Gasteiger partial charge in [-0.3, -0.25) is 9.59 Å². The zero-order valence-electron chi connectivity index (χ0n) is 15.7. The van der Waals surface area contributed by atoms with Crippen molar-refractivity contribution in [3.05, 3.63) is 60.3 Å². The van der Waals surface area contributed by atoms with Crippen LogP contribution in [0, 0.1) is 0 Å². The fourth-order valence-electron chi connectivity index (χ4n) is 3.65. The molecule has 0 bridgehead atoms. The van der Waals surface area contributed by atoms with E-state index >= 15 is 0 Å². The van der Waals surface area contributed by atoms with Crippen LogP contribution in [0.25, 0.3) is 10.9 Å². The second-order valence-corrected chi connectivity index (χ2v) is 7.06. The number of rotatable bonds is 5. The molecule has 0 spiro atoms. The van der Waals surface area contributed by atoms with Gasteiger partial charge >= 0.3 is 11.8 Å². The monoisotopic (exact) mass is 376 g/mol. The molecule has 6 heteroatoms. The minimum Gasteiger partial charge on any atom is -0.372 e. The molecule has 6 nitrogen and oxygen atoms in total. The fourth-order valence-corrected chi connectivity index (χ4v) is 3.65. The van der Waals surface area contributed by atoms with Crippen LogP contribution in [0.1, 0.15) is 18.4 Å². The van der Waals surface area contributed by atoms with Crippen molar-refractivity contribution in [2.24, 2.45) is 0 Å². The molecule has 3 N–H and O–H groups in total. The van der Waals surface area contributed by atoms with Crippen LogP contribution in [0.15, 0.2) is 54.7 Å². The predicted octanol–water partition coefficient (Wildman–Crippen LogP) is 3.07. The molecule has 1 aromatic heterocycles. The number of H-pyrrole nitrogens is 1. The first-order chi connectivity index (χ1) is 13.7. The van der Waals surface area contributed by atoms with E-state index in [9.17, 15) is 9.59 Å². The Morgan fingerprint density at radius 3 is 2.50 bits per heavy atom. The second-order valence-electron chi connectivity index (χ2n) is 7.06. The molecule has 2 amide bonds. The number of nitrogens with one attached hydrogen (secondary N) is 3. The van der Waals surface area contributed by atoms with Crippen LogP contribution < -0.4 is 15.5 Å². The maximum atomic E-state index is 12.1. The molecule has 3 aromatic rings. The van der Waals surface area contributed by atoms with E-state index in [1.54, 1.807) is 0 Å². The minimum atomic E-state index is -0.646.